The number of likely N-dealkylation sites (tertiary alicyclic amines) is 1. The van der Waals surface area contributed by atoms with E-state index in [-0.39, 0.29) is 41.9 Å². The van der Waals surface area contributed by atoms with Crippen molar-refractivity contribution in [2.75, 3.05) is 11.9 Å². The fourth-order valence-electron chi connectivity index (χ4n) is 7.52. The summed E-state index contributed by atoms with van der Waals surface area (Å²) in [6.07, 6.45) is 3.51. The number of benzene rings is 2. The molecule has 6 heteroatoms. The first-order valence-electron chi connectivity index (χ1n) is 14.4. The smallest absolute Gasteiger partial charge is 0.235 e. The second kappa shape index (κ2) is 9.69. The second-order valence-electron chi connectivity index (χ2n) is 12.0. The highest BCUT2D eigenvalue weighted by Gasteiger charge is 2.51. The molecule has 206 valence electrons. The van der Waals surface area contributed by atoms with E-state index in [1.807, 2.05) is 42.2 Å². The van der Waals surface area contributed by atoms with E-state index in [1.54, 1.807) is 6.20 Å². The van der Waals surface area contributed by atoms with Gasteiger partial charge in [0, 0.05) is 60.4 Å². The fraction of sp³-hybridized carbons (Fsp3) is 0.412. The maximum Gasteiger partial charge on any atom is 0.235 e. The monoisotopic (exact) mass is 535 g/mol. The van der Waals surface area contributed by atoms with Crippen molar-refractivity contribution in [2.24, 2.45) is 5.92 Å². The third-order valence-electron chi connectivity index (χ3n) is 9.86. The number of para-hydroxylation sites is 1. The molecule has 6 nitrogen and oxygen atoms in total. The van der Waals surface area contributed by atoms with E-state index in [4.69, 9.17) is 0 Å². The normalized spacial score (nSPS) is 25.2. The number of nitrogens with zero attached hydrogens (tertiary/aromatic N) is 2. The first-order valence-corrected chi connectivity index (χ1v) is 14.4. The molecule has 3 aromatic rings. The summed E-state index contributed by atoms with van der Waals surface area (Å²) in [5.41, 5.74) is 8.62. The summed E-state index contributed by atoms with van der Waals surface area (Å²) < 4.78 is 0. The van der Waals surface area contributed by atoms with Crippen LogP contribution in [0.25, 0.3) is 0 Å². The lowest BCUT2D eigenvalue weighted by atomic mass is 9.74. The third kappa shape index (κ3) is 3.99. The van der Waals surface area contributed by atoms with E-state index in [0.717, 1.165) is 22.5 Å². The van der Waals surface area contributed by atoms with E-state index < -0.39 is 5.41 Å². The molecule has 0 saturated carbocycles. The van der Waals surface area contributed by atoms with Crippen LogP contribution < -0.4 is 5.32 Å². The van der Waals surface area contributed by atoms with E-state index in [0.29, 0.717) is 31.4 Å². The molecule has 1 N–H and O–H groups in total. The number of aromatic nitrogens is 1. The van der Waals surface area contributed by atoms with Gasteiger partial charge in [0.2, 0.25) is 11.8 Å². The highest BCUT2D eigenvalue weighted by molar-refractivity contribution is 6.07. The molecule has 6 rings (SSSR count). The van der Waals surface area contributed by atoms with Gasteiger partial charge in [0.15, 0.2) is 5.78 Å². The first kappa shape index (κ1) is 26.4. The molecular formula is C34H37N3O3. The molecule has 0 radical (unpaired) electrons. The predicted molar refractivity (Wildman–Crippen MR) is 156 cm³/mol. The van der Waals surface area contributed by atoms with Crippen LogP contribution in [0, 0.1) is 26.7 Å². The Kier molecular flexibility index (Phi) is 6.40. The summed E-state index contributed by atoms with van der Waals surface area (Å²) in [4.78, 5) is 46.9. The average molecular weight is 536 g/mol. The summed E-state index contributed by atoms with van der Waals surface area (Å²) in [6.45, 7) is 11.2. The Bertz CT molecular complexity index is 1560. The lowest BCUT2D eigenvalue weighted by molar-refractivity contribution is -0.142. The number of ketones is 1. The Hall–Kier alpha value is -3.80. The lowest BCUT2D eigenvalue weighted by Gasteiger charge is -2.43. The van der Waals surface area contributed by atoms with Crippen molar-refractivity contribution in [3.8, 4) is 0 Å². The molecule has 3 heterocycles. The molecule has 1 fully saturated rings. The number of carbonyl (C=O) groups excluding carboxylic acids is 3. The topological polar surface area (TPSA) is 79.4 Å². The van der Waals surface area contributed by atoms with Crippen molar-refractivity contribution < 1.29 is 14.4 Å². The van der Waals surface area contributed by atoms with Gasteiger partial charge in [-0.25, -0.2) is 0 Å². The predicted octanol–water partition coefficient (Wildman–Crippen LogP) is 5.61. The first-order chi connectivity index (χ1) is 19.1. The summed E-state index contributed by atoms with van der Waals surface area (Å²) >= 11 is 0. The molecular weight excluding hydrogens is 498 g/mol. The van der Waals surface area contributed by atoms with Crippen LogP contribution in [-0.4, -0.2) is 40.1 Å². The number of aryl methyl sites for hydroxylation is 2. The maximum absolute atomic E-state index is 13.7. The number of hydrogen-bond donors (Lipinski definition) is 1. The van der Waals surface area contributed by atoms with E-state index >= 15 is 0 Å². The Morgan fingerprint density at radius 3 is 2.60 bits per heavy atom. The molecule has 0 unspecified atom stereocenters. The third-order valence-corrected chi connectivity index (χ3v) is 9.86. The van der Waals surface area contributed by atoms with Gasteiger partial charge in [-0.1, -0.05) is 30.3 Å². The molecule has 4 atom stereocenters. The number of anilines is 1. The average Bonchev–Trinajstić information content (AvgIpc) is 3.46. The molecule has 1 aromatic heterocycles. The number of pyridine rings is 1. The molecule has 1 spiro atoms. The van der Waals surface area contributed by atoms with E-state index in [9.17, 15) is 14.4 Å². The van der Waals surface area contributed by atoms with Crippen molar-refractivity contribution in [3.05, 3.63) is 93.3 Å². The molecule has 3 aliphatic rings. The van der Waals surface area contributed by atoms with Gasteiger partial charge in [-0.2, -0.15) is 0 Å². The van der Waals surface area contributed by atoms with Gasteiger partial charge >= 0.3 is 0 Å². The minimum absolute atomic E-state index is 0.00562. The highest BCUT2D eigenvalue weighted by Crippen LogP contribution is 2.47. The number of amides is 2. The van der Waals surface area contributed by atoms with Gasteiger partial charge in [0.1, 0.15) is 0 Å². The Balaban J connectivity index is 1.26. The second-order valence-corrected chi connectivity index (χ2v) is 12.0. The SMILES string of the molecule is CCN1C(=O)[C@@H](CC(=O)c2cnc3c(c2)C[C@@]2(C3)C(=O)Nc3ccccc32)C[C@@H](c2c(C)ccc(C)c2C)[C@H]1C. The van der Waals surface area contributed by atoms with Crippen LogP contribution in [0.3, 0.4) is 0 Å². The Labute approximate surface area is 236 Å². The van der Waals surface area contributed by atoms with Gasteiger partial charge in [-0.05, 0) is 93.0 Å². The van der Waals surface area contributed by atoms with Crippen LogP contribution in [0.1, 0.15) is 82.0 Å². The highest BCUT2D eigenvalue weighted by atomic mass is 16.2. The molecule has 2 aliphatic heterocycles. The number of fused-ring (bicyclic) bond motifs is 3. The minimum Gasteiger partial charge on any atom is -0.339 e. The Morgan fingerprint density at radius 2 is 1.82 bits per heavy atom. The largest absolute Gasteiger partial charge is 0.339 e. The van der Waals surface area contributed by atoms with Crippen LogP contribution in [-0.2, 0) is 27.8 Å². The zero-order valence-electron chi connectivity index (χ0n) is 24.0. The molecule has 2 amide bonds. The number of carbonyl (C=O) groups is 3. The number of Topliss-reactive ketones (excluding diaryl/α,β-unsaturated/α-hetero) is 1. The van der Waals surface area contributed by atoms with Crippen LogP contribution in [0.5, 0.6) is 0 Å². The van der Waals surface area contributed by atoms with Crippen molar-refractivity contribution in [1.82, 2.24) is 9.88 Å². The lowest BCUT2D eigenvalue weighted by Crippen LogP contribution is -2.50. The number of nitrogens with one attached hydrogen (secondary N) is 1. The summed E-state index contributed by atoms with van der Waals surface area (Å²) in [5.74, 6) is -0.203. The van der Waals surface area contributed by atoms with E-state index in [2.05, 4.69) is 50.1 Å². The number of likely N-dealkylation sites (N-methyl/N-ethyl adjacent to an activating group) is 1. The van der Waals surface area contributed by atoms with Crippen molar-refractivity contribution in [3.63, 3.8) is 0 Å². The van der Waals surface area contributed by atoms with Gasteiger partial charge in [0.25, 0.3) is 0 Å². The van der Waals surface area contributed by atoms with Crippen LogP contribution in [0.2, 0.25) is 0 Å². The summed E-state index contributed by atoms with van der Waals surface area (Å²) in [6, 6.07) is 14.1. The maximum atomic E-state index is 13.7. The van der Waals surface area contributed by atoms with Crippen LogP contribution >= 0.6 is 0 Å². The van der Waals surface area contributed by atoms with Crippen molar-refractivity contribution in [2.45, 2.75) is 77.7 Å². The van der Waals surface area contributed by atoms with Crippen LogP contribution in [0.15, 0.2) is 48.7 Å². The number of piperidine rings is 1. The van der Waals surface area contributed by atoms with Gasteiger partial charge < -0.3 is 10.2 Å². The fourth-order valence-corrected chi connectivity index (χ4v) is 7.52. The molecule has 0 bridgehead atoms. The summed E-state index contributed by atoms with van der Waals surface area (Å²) in [5, 5.41) is 3.03. The molecule has 1 aliphatic carbocycles. The molecule has 1 saturated heterocycles. The standard InChI is InChI=1S/C34H37N3O3/c1-6-37-22(5)26(31-20(3)12-11-19(2)21(31)4)14-23(32(37)39)15-30(38)25-13-24-16-34(17-29(24)35-18-25)27-9-7-8-10-28(27)36-33(34)40/h7-13,18,22-23,26H,6,14-17H2,1-5H3,(H,36,40)/t22-,23-,26-,34+/m1/s1. The van der Waals surface area contributed by atoms with Crippen LogP contribution in [0.4, 0.5) is 5.69 Å². The number of hydrogen-bond acceptors (Lipinski definition) is 4. The van der Waals surface area contributed by atoms with Crippen molar-refractivity contribution in [1.29, 1.82) is 0 Å². The zero-order valence-corrected chi connectivity index (χ0v) is 24.0. The van der Waals surface area contributed by atoms with E-state index in [1.165, 1.54) is 22.3 Å². The van der Waals surface area contributed by atoms with Gasteiger partial charge in [-0.15, -0.1) is 0 Å². The zero-order chi connectivity index (χ0) is 28.3. The van der Waals surface area contributed by atoms with Crippen molar-refractivity contribution >= 4 is 23.3 Å². The van der Waals surface area contributed by atoms with Gasteiger partial charge in [0.05, 0.1) is 5.41 Å². The Morgan fingerprint density at radius 1 is 1.07 bits per heavy atom. The summed E-state index contributed by atoms with van der Waals surface area (Å²) in [7, 11) is 0. The molecule has 40 heavy (non-hydrogen) atoms. The number of rotatable bonds is 5. The minimum atomic E-state index is -0.665. The quantitative estimate of drug-likeness (QED) is 0.431. The van der Waals surface area contributed by atoms with Gasteiger partial charge in [-0.3, -0.25) is 19.4 Å². The molecule has 2 aromatic carbocycles.